The first-order valence-corrected chi connectivity index (χ1v) is 3.67. The largest absolute Gasteiger partial charge is 0.323 e. The molecule has 0 aliphatic carbocycles. The molecule has 12 heavy (non-hydrogen) atoms. The summed E-state index contributed by atoms with van der Waals surface area (Å²) >= 11 is 0. The molecule has 0 atom stereocenters. The Hall–Kier alpha value is -1.58. The van der Waals surface area contributed by atoms with Crippen LogP contribution in [0, 0.1) is 0 Å². The second-order valence-corrected chi connectivity index (χ2v) is 2.34. The van der Waals surface area contributed by atoms with Crippen molar-refractivity contribution in [1.29, 1.82) is 0 Å². The molecule has 1 aromatic rings. The molecule has 64 valence electrons. The standard InChI is InChI=1S/C8H12N4/c1-3-4-8-7(5-10-2)6-12(9)11-8/h3-6H,9H2,1-2H3/b4-3-,10-5?. The van der Waals surface area contributed by atoms with Crippen molar-refractivity contribution >= 4 is 12.3 Å². The molecule has 4 nitrogen and oxygen atoms in total. The number of hydrogen-bond donors (Lipinski definition) is 1. The van der Waals surface area contributed by atoms with E-state index >= 15 is 0 Å². The fourth-order valence-corrected chi connectivity index (χ4v) is 0.946. The van der Waals surface area contributed by atoms with E-state index in [1.54, 1.807) is 19.5 Å². The first-order valence-electron chi connectivity index (χ1n) is 3.67. The van der Waals surface area contributed by atoms with Crippen LogP contribution in [-0.4, -0.2) is 23.2 Å². The lowest BCUT2D eigenvalue weighted by Gasteiger charge is -1.85. The number of nitrogen functional groups attached to an aromatic ring is 1. The van der Waals surface area contributed by atoms with E-state index in [-0.39, 0.29) is 0 Å². The van der Waals surface area contributed by atoms with E-state index in [0.29, 0.717) is 0 Å². The summed E-state index contributed by atoms with van der Waals surface area (Å²) in [7, 11) is 1.72. The summed E-state index contributed by atoms with van der Waals surface area (Å²) in [4.78, 5) is 5.18. The average Bonchev–Trinajstić information content (AvgIpc) is 2.33. The third-order valence-corrected chi connectivity index (χ3v) is 1.38. The van der Waals surface area contributed by atoms with E-state index in [1.165, 1.54) is 4.79 Å². The zero-order valence-corrected chi connectivity index (χ0v) is 7.23. The van der Waals surface area contributed by atoms with Crippen LogP contribution in [0.1, 0.15) is 18.2 Å². The summed E-state index contributed by atoms with van der Waals surface area (Å²) in [5.41, 5.74) is 1.77. The lowest BCUT2D eigenvalue weighted by molar-refractivity contribution is 0.828. The highest BCUT2D eigenvalue weighted by Crippen LogP contribution is 2.04. The van der Waals surface area contributed by atoms with Crippen LogP contribution in [0.4, 0.5) is 0 Å². The van der Waals surface area contributed by atoms with Crippen molar-refractivity contribution in [1.82, 2.24) is 9.89 Å². The fourth-order valence-electron chi connectivity index (χ4n) is 0.946. The molecule has 0 aliphatic heterocycles. The van der Waals surface area contributed by atoms with Gasteiger partial charge in [0.1, 0.15) is 0 Å². The van der Waals surface area contributed by atoms with E-state index in [4.69, 9.17) is 5.84 Å². The average molecular weight is 164 g/mol. The highest BCUT2D eigenvalue weighted by molar-refractivity contribution is 5.83. The van der Waals surface area contributed by atoms with Crippen molar-refractivity contribution in [2.45, 2.75) is 6.92 Å². The number of hydrogen-bond acceptors (Lipinski definition) is 3. The Morgan fingerprint density at radius 2 is 2.42 bits per heavy atom. The van der Waals surface area contributed by atoms with E-state index in [9.17, 15) is 0 Å². The van der Waals surface area contributed by atoms with Gasteiger partial charge in [0, 0.05) is 18.8 Å². The summed E-state index contributed by atoms with van der Waals surface area (Å²) in [6.07, 6.45) is 7.25. The van der Waals surface area contributed by atoms with E-state index < -0.39 is 0 Å². The molecule has 0 aliphatic rings. The van der Waals surface area contributed by atoms with Gasteiger partial charge in [-0.05, 0) is 13.0 Å². The van der Waals surface area contributed by atoms with Gasteiger partial charge in [-0.3, -0.25) is 4.99 Å². The van der Waals surface area contributed by atoms with Gasteiger partial charge in [-0.15, -0.1) is 0 Å². The first kappa shape index (κ1) is 8.52. The lowest BCUT2D eigenvalue weighted by Crippen LogP contribution is -2.07. The number of rotatable bonds is 2. The van der Waals surface area contributed by atoms with Gasteiger partial charge in [-0.1, -0.05) is 6.08 Å². The Bertz CT molecular complexity index is 279. The fraction of sp³-hybridized carbons (Fsp3) is 0.250. The predicted molar refractivity (Wildman–Crippen MR) is 50.6 cm³/mol. The lowest BCUT2D eigenvalue weighted by atomic mass is 10.2. The molecule has 0 amide bonds. The van der Waals surface area contributed by atoms with E-state index in [2.05, 4.69) is 10.1 Å². The number of aliphatic imine (C=N–C) groups is 1. The SMILES string of the molecule is C/C=C\c1nn(N)cc1C=NC. The molecule has 0 radical (unpaired) electrons. The summed E-state index contributed by atoms with van der Waals surface area (Å²) in [5.74, 6) is 5.45. The Kier molecular flexibility index (Phi) is 2.63. The smallest absolute Gasteiger partial charge is 0.0956 e. The van der Waals surface area contributed by atoms with Gasteiger partial charge in [0.25, 0.3) is 0 Å². The second kappa shape index (κ2) is 3.71. The summed E-state index contributed by atoms with van der Waals surface area (Å²) in [5, 5.41) is 4.04. The monoisotopic (exact) mass is 164 g/mol. The molecule has 0 spiro atoms. The molecule has 0 saturated heterocycles. The highest BCUT2D eigenvalue weighted by atomic mass is 15.5. The van der Waals surface area contributed by atoms with Crippen LogP contribution < -0.4 is 5.84 Å². The molecule has 2 N–H and O–H groups in total. The normalized spacial score (nSPS) is 11.8. The summed E-state index contributed by atoms with van der Waals surface area (Å²) < 4.78 is 0. The van der Waals surface area contributed by atoms with Gasteiger partial charge in [0.2, 0.25) is 0 Å². The Balaban J connectivity index is 3.07. The van der Waals surface area contributed by atoms with Gasteiger partial charge in [-0.25, -0.2) is 0 Å². The van der Waals surface area contributed by atoms with E-state index in [1.807, 2.05) is 19.1 Å². The zero-order chi connectivity index (χ0) is 8.97. The molecule has 1 rings (SSSR count). The van der Waals surface area contributed by atoms with Crippen LogP contribution in [0.3, 0.4) is 0 Å². The van der Waals surface area contributed by atoms with Crippen molar-refractivity contribution in [3.05, 3.63) is 23.5 Å². The molecular weight excluding hydrogens is 152 g/mol. The van der Waals surface area contributed by atoms with Crippen molar-refractivity contribution in [2.24, 2.45) is 4.99 Å². The highest BCUT2D eigenvalue weighted by Gasteiger charge is 2.00. The second-order valence-electron chi connectivity index (χ2n) is 2.34. The van der Waals surface area contributed by atoms with Crippen LogP contribution in [0.15, 0.2) is 17.3 Å². The third kappa shape index (κ3) is 1.72. The topological polar surface area (TPSA) is 56.2 Å². The van der Waals surface area contributed by atoms with Crippen LogP contribution in [0.5, 0.6) is 0 Å². The van der Waals surface area contributed by atoms with Crippen LogP contribution in [0.2, 0.25) is 0 Å². The minimum atomic E-state index is 0.839. The molecule has 0 unspecified atom stereocenters. The maximum atomic E-state index is 5.45. The number of nitrogens with two attached hydrogens (primary N) is 1. The van der Waals surface area contributed by atoms with Crippen molar-refractivity contribution < 1.29 is 0 Å². The molecule has 0 aromatic carbocycles. The number of allylic oxidation sites excluding steroid dienone is 1. The Morgan fingerprint density at radius 1 is 1.67 bits per heavy atom. The number of aromatic nitrogens is 2. The van der Waals surface area contributed by atoms with Crippen LogP contribution in [0.25, 0.3) is 6.08 Å². The maximum Gasteiger partial charge on any atom is 0.0956 e. The van der Waals surface area contributed by atoms with Crippen LogP contribution >= 0.6 is 0 Å². The van der Waals surface area contributed by atoms with Gasteiger partial charge < -0.3 is 5.84 Å². The quantitative estimate of drug-likeness (QED) is 0.516. The molecule has 4 heteroatoms. The van der Waals surface area contributed by atoms with Crippen molar-refractivity contribution in [2.75, 3.05) is 12.9 Å². The minimum absolute atomic E-state index is 0.839. The van der Waals surface area contributed by atoms with Gasteiger partial charge in [-0.2, -0.15) is 9.89 Å². The summed E-state index contributed by atoms with van der Waals surface area (Å²) in [6, 6.07) is 0. The van der Waals surface area contributed by atoms with Gasteiger partial charge in [0.15, 0.2) is 0 Å². The maximum absolute atomic E-state index is 5.45. The van der Waals surface area contributed by atoms with Crippen molar-refractivity contribution in [3.63, 3.8) is 0 Å². The molecule has 0 saturated carbocycles. The predicted octanol–water partition coefficient (Wildman–Crippen LogP) is 0.679. The molecule has 1 aromatic heterocycles. The molecule has 0 fully saturated rings. The van der Waals surface area contributed by atoms with Gasteiger partial charge in [0.05, 0.1) is 11.9 Å². The number of nitrogens with zero attached hydrogens (tertiary/aromatic N) is 3. The first-order chi connectivity index (χ1) is 5.77. The zero-order valence-electron chi connectivity index (χ0n) is 7.23. The summed E-state index contributed by atoms with van der Waals surface area (Å²) in [6.45, 7) is 1.93. The Morgan fingerprint density at radius 3 is 3.00 bits per heavy atom. The third-order valence-electron chi connectivity index (χ3n) is 1.38. The van der Waals surface area contributed by atoms with E-state index in [0.717, 1.165) is 11.3 Å². The molecule has 1 heterocycles. The molecule has 0 bridgehead atoms. The van der Waals surface area contributed by atoms with Gasteiger partial charge >= 0.3 is 0 Å². The Labute approximate surface area is 71.4 Å². The van der Waals surface area contributed by atoms with Crippen molar-refractivity contribution in [3.8, 4) is 0 Å². The minimum Gasteiger partial charge on any atom is -0.323 e. The van der Waals surface area contributed by atoms with Crippen LogP contribution in [-0.2, 0) is 0 Å². The molecular formula is C8H12N4.